The highest BCUT2D eigenvalue weighted by Crippen LogP contribution is 2.22. The third-order valence-corrected chi connectivity index (χ3v) is 5.64. The average molecular weight is 524 g/mol. The van der Waals surface area contributed by atoms with E-state index in [4.69, 9.17) is 15.3 Å². The number of unbranched alkanes of at least 4 members (excludes halogenated alkanes) is 2. The number of phenols is 2. The summed E-state index contributed by atoms with van der Waals surface area (Å²) in [4.78, 5) is 24.9. The first-order chi connectivity index (χ1) is 17.0. The normalized spacial score (nSPS) is 10.9. The molecule has 10 nitrogen and oxygen atoms in total. The molecule has 36 heavy (non-hydrogen) atoms. The number of rotatable bonds is 13. The molecule has 1 amide bonds. The van der Waals surface area contributed by atoms with Gasteiger partial charge in [0, 0.05) is 30.4 Å². The number of hydrogen-bond donors (Lipinski definition) is 5. The van der Waals surface area contributed by atoms with Gasteiger partial charge in [-0.3, -0.25) is 9.52 Å². The molecule has 0 unspecified atom stereocenters. The summed E-state index contributed by atoms with van der Waals surface area (Å²) in [6, 6.07) is 9.72. The van der Waals surface area contributed by atoms with Crippen molar-refractivity contribution in [2.24, 2.45) is 0 Å². The van der Waals surface area contributed by atoms with Gasteiger partial charge in [-0.05, 0) is 62.3 Å². The molecule has 0 aliphatic carbocycles. The Kier molecular flexibility index (Phi) is 13.3. The van der Waals surface area contributed by atoms with Gasteiger partial charge in [0.15, 0.2) is 0 Å². The SMILES string of the molecule is CCCCN(CCCC)CCNC(=O)c1ccc(NS(C)(=O)=O)cc1.O=C(O)c1ccc(O)cc1O. The number of hydrogen-bond acceptors (Lipinski definition) is 7. The predicted molar refractivity (Wildman–Crippen MR) is 140 cm³/mol. The summed E-state index contributed by atoms with van der Waals surface area (Å²) >= 11 is 0. The lowest BCUT2D eigenvalue weighted by Crippen LogP contribution is -2.36. The second-order valence-electron chi connectivity index (χ2n) is 8.26. The third kappa shape index (κ3) is 12.4. The van der Waals surface area contributed by atoms with Crippen molar-refractivity contribution in [2.45, 2.75) is 39.5 Å². The van der Waals surface area contributed by atoms with Gasteiger partial charge in [-0.1, -0.05) is 26.7 Å². The lowest BCUT2D eigenvalue weighted by molar-refractivity contribution is 0.0693. The van der Waals surface area contributed by atoms with Crippen LogP contribution in [0.25, 0.3) is 0 Å². The summed E-state index contributed by atoms with van der Waals surface area (Å²) < 4.78 is 24.7. The molecule has 2 aromatic rings. The maximum Gasteiger partial charge on any atom is 0.339 e. The molecule has 2 rings (SSSR count). The Bertz CT molecular complexity index is 1070. The van der Waals surface area contributed by atoms with Gasteiger partial charge >= 0.3 is 5.97 Å². The van der Waals surface area contributed by atoms with E-state index in [2.05, 4.69) is 28.8 Å². The molecular formula is C25H37N3O7S. The highest BCUT2D eigenvalue weighted by molar-refractivity contribution is 7.92. The first kappa shape index (κ1) is 30.7. The summed E-state index contributed by atoms with van der Waals surface area (Å²) in [5.74, 6) is -1.95. The van der Waals surface area contributed by atoms with Crippen molar-refractivity contribution in [1.29, 1.82) is 0 Å². The van der Waals surface area contributed by atoms with Gasteiger partial charge in [0.25, 0.3) is 5.91 Å². The number of phenolic OH excluding ortho intramolecular Hbond substituents is 1. The number of amides is 1. The smallest absolute Gasteiger partial charge is 0.339 e. The van der Waals surface area contributed by atoms with E-state index in [1.165, 1.54) is 31.7 Å². The van der Waals surface area contributed by atoms with Crippen LogP contribution in [0, 0.1) is 0 Å². The number of carboxylic acids is 1. The molecule has 0 fully saturated rings. The van der Waals surface area contributed by atoms with Crippen molar-refractivity contribution in [1.82, 2.24) is 10.2 Å². The van der Waals surface area contributed by atoms with E-state index in [1.807, 2.05) is 0 Å². The van der Waals surface area contributed by atoms with Crippen LogP contribution < -0.4 is 10.0 Å². The van der Waals surface area contributed by atoms with Crippen LogP contribution in [-0.2, 0) is 10.0 Å². The molecule has 11 heteroatoms. The maximum absolute atomic E-state index is 12.2. The van der Waals surface area contributed by atoms with Crippen LogP contribution >= 0.6 is 0 Å². The Labute approximate surface area is 213 Å². The molecular weight excluding hydrogens is 486 g/mol. The standard InChI is InChI=1S/C18H31N3O3S.C7H6O4/c1-4-6-13-21(14-7-5-2)15-12-19-18(22)16-8-10-17(11-9-16)20-25(3,23)24;8-4-1-2-5(7(10)11)6(9)3-4/h8-11,20H,4-7,12-15H2,1-3H3,(H,19,22);1-3,8-9H,(H,10,11). The second kappa shape index (κ2) is 15.6. The summed E-state index contributed by atoms with van der Waals surface area (Å²) in [7, 11) is -3.31. The molecule has 0 atom stereocenters. The molecule has 5 N–H and O–H groups in total. The van der Waals surface area contributed by atoms with E-state index in [9.17, 15) is 18.0 Å². The number of carbonyl (C=O) groups excluding carboxylic acids is 1. The minimum atomic E-state index is -3.31. The van der Waals surface area contributed by atoms with Crippen molar-refractivity contribution in [3.05, 3.63) is 53.6 Å². The number of carboxylic acid groups (broad SMARTS) is 1. The molecule has 0 bridgehead atoms. The Morgan fingerprint density at radius 3 is 1.97 bits per heavy atom. The van der Waals surface area contributed by atoms with Gasteiger partial charge < -0.3 is 25.5 Å². The molecule has 0 saturated heterocycles. The number of sulfonamides is 1. The van der Waals surface area contributed by atoms with E-state index < -0.39 is 21.7 Å². The number of nitrogens with one attached hydrogen (secondary N) is 2. The summed E-state index contributed by atoms with van der Waals surface area (Å²) in [6.45, 7) is 7.95. The lowest BCUT2D eigenvalue weighted by atomic mass is 10.2. The Hall–Kier alpha value is -3.31. The van der Waals surface area contributed by atoms with Gasteiger partial charge in [0.1, 0.15) is 17.1 Å². The monoisotopic (exact) mass is 523 g/mol. The molecule has 0 aliphatic heterocycles. The topological polar surface area (TPSA) is 156 Å². The third-order valence-electron chi connectivity index (χ3n) is 5.03. The zero-order valence-electron chi connectivity index (χ0n) is 21.0. The van der Waals surface area contributed by atoms with Crippen molar-refractivity contribution >= 4 is 27.6 Å². The second-order valence-corrected chi connectivity index (χ2v) is 10.0. The molecule has 200 valence electrons. The molecule has 0 spiro atoms. The summed E-state index contributed by atoms with van der Waals surface area (Å²) in [6.07, 6.45) is 5.78. The molecule has 0 saturated carbocycles. The molecule has 0 aliphatic rings. The van der Waals surface area contributed by atoms with Crippen LogP contribution in [0.1, 0.15) is 60.2 Å². The zero-order chi connectivity index (χ0) is 27.1. The predicted octanol–water partition coefficient (Wildman–Crippen LogP) is 3.49. The minimum absolute atomic E-state index is 0.142. The summed E-state index contributed by atoms with van der Waals surface area (Å²) in [5, 5.41) is 29.0. The van der Waals surface area contributed by atoms with Crippen LogP contribution in [0.2, 0.25) is 0 Å². The number of anilines is 1. The quantitative estimate of drug-likeness (QED) is 0.267. The van der Waals surface area contributed by atoms with Crippen LogP contribution in [0.5, 0.6) is 11.5 Å². The Morgan fingerprint density at radius 1 is 0.917 bits per heavy atom. The van der Waals surface area contributed by atoms with Crippen LogP contribution in [-0.4, -0.2) is 72.9 Å². The number of carbonyl (C=O) groups is 2. The summed E-state index contributed by atoms with van der Waals surface area (Å²) in [5.41, 5.74) is 0.750. The Morgan fingerprint density at radius 2 is 1.50 bits per heavy atom. The van der Waals surface area contributed by atoms with E-state index >= 15 is 0 Å². The molecule has 0 aromatic heterocycles. The van der Waals surface area contributed by atoms with Crippen molar-refractivity contribution < 1.29 is 33.3 Å². The van der Waals surface area contributed by atoms with E-state index in [1.54, 1.807) is 24.3 Å². The minimum Gasteiger partial charge on any atom is -0.508 e. The van der Waals surface area contributed by atoms with Crippen molar-refractivity contribution in [3.63, 3.8) is 0 Å². The Balaban J connectivity index is 0.000000488. The van der Waals surface area contributed by atoms with Gasteiger partial charge in [0.05, 0.1) is 6.26 Å². The van der Waals surface area contributed by atoms with Crippen LogP contribution in [0.4, 0.5) is 5.69 Å². The highest BCUT2D eigenvalue weighted by atomic mass is 32.2. The number of aromatic hydroxyl groups is 2. The number of aromatic carboxylic acids is 1. The van der Waals surface area contributed by atoms with E-state index in [-0.39, 0.29) is 17.2 Å². The fourth-order valence-corrected chi connectivity index (χ4v) is 3.70. The van der Waals surface area contributed by atoms with E-state index in [0.29, 0.717) is 17.8 Å². The molecule has 2 aromatic carbocycles. The lowest BCUT2D eigenvalue weighted by Gasteiger charge is -2.22. The van der Waals surface area contributed by atoms with Gasteiger partial charge in [-0.25, -0.2) is 13.2 Å². The fourth-order valence-electron chi connectivity index (χ4n) is 3.13. The highest BCUT2D eigenvalue weighted by Gasteiger charge is 2.09. The largest absolute Gasteiger partial charge is 0.508 e. The van der Waals surface area contributed by atoms with Gasteiger partial charge in [0.2, 0.25) is 10.0 Å². The number of benzene rings is 2. The van der Waals surface area contributed by atoms with E-state index in [0.717, 1.165) is 38.0 Å². The molecule has 0 heterocycles. The number of nitrogens with zero attached hydrogens (tertiary/aromatic N) is 1. The first-order valence-corrected chi connectivity index (χ1v) is 13.7. The average Bonchev–Trinajstić information content (AvgIpc) is 2.80. The molecule has 0 radical (unpaired) electrons. The zero-order valence-corrected chi connectivity index (χ0v) is 21.8. The first-order valence-electron chi connectivity index (χ1n) is 11.8. The van der Waals surface area contributed by atoms with Crippen LogP contribution in [0.3, 0.4) is 0 Å². The maximum atomic E-state index is 12.2. The van der Waals surface area contributed by atoms with Gasteiger partial charge in [-0.2, -0.15) is 0 Å². The fraction of sp³-hybridized carbons (Fsp3) is 0.440. The van der Waals surface area contributed by atoms with Crippen molar-refractivity contribution in [3.8, 4) is 11.5 Å². The van der Waals surface area contributed by atoms with Gasteiger partial charge in [-0.15, -0.1) is 0 Å². The van der Waals surface area contributed by atoms with Crippen molar-refractivity contribution in [2.75, 3.05) is 37.2 Å². The van der Waals surface area contributed by atoms with Crippen LogP contribution in [0.15, 0.2) is 42.5 Å².